The molecule has 0 bridgehead atoms. The number of carbonyl (C=O) groups excluding carboxylic acids is 1. The largest absolute Gasteiger partial charge is 0.457 e. The molecule has 0 unspecified atom stereocenters. The van der Waals surface area contributed by atoms with E-state index in [0.717, 1.165) is 28.6 Å². The van der Waals surface area contributed by atoms with Crippen molar-refractivity contribution in [2.24, 2.45) is 11.7 Å². The van der Waals surface area contributed by atoms with Gasteiger partial charge in [-0.1, -0.05) is 70.7 Å². The zero-order valence-electron chi connectivity index (χ0n) is 18.1. The lowest BCUT2D eigenvalue weighted by Gasteiger charge is -2.19. The first-order valence-electron chi connectivity index (χ1n) is 10.8. The molecule has 156 valence electrons. The lowest BCUT2D eigenvalue weighted by Crippen LogP contribution is -2.15. The molecule has 30 heavy (non-hydrogen) atoms. The van der Waals surface area contributed by atoms with Crippen molar-refractivity contribution in [1.82, 2.24) is 4.98 Å². The Morgan fingerprint density at radius 3 is 2.40 bits per heavy atom. The van der Waals surface area contributed by atoms with Crippen LogP contribution in [0.15, 0.2) is 48.5 Å². The molecule has 4 nitrogen and oxygen atoms in total. The molecule has 1 aliphatic carbocycles. The normalized spacial score (nSPS) is 14.9. The van der Waals surface area contributed by atoms with Gasteiger partial charge in [-0.2, -0.15) is 0 Å². The third-order valence-corrected chi connectivity index (χ3v) is 6.07. The molecule has 4 rings (SSSR count). The van der Waals surface area contributed by atoms with Crippen LogP contribution in [0.1, 0.15) is 68.2 Å². The van der Waals surface area contributed by atoms with Crippen LogP contribution in [0.4, 0.5) is 0 Å². The van der Waals surface area contributed by atoms with Crippen LogP contribution in [-0.2, 0) is 11.8 Å². The molecule has 3 aromatic rings. The van der Waals surface area contributed by atoms with Crippen LogP contribution in [0.3, 0.4) is 0 Å². The minimum absolute atomic E-state index is 0.0924. The standard InChI is InChI=1S/C26H30N2O2/c1-26(2,3)18-11-13-19(14-12-18)30-24-10-6-9-20-21(24)16-23(25(27)29)28-22(20)15-17-7-4-5-8-17/h6,9-14,16-17H,4-5,7-8,15H2,1-3H3,(H2,27,29). The monoisotopic (exact) mass is 402 g/mol. The Bertz CT molecular complexity index is 1060. The summed E-state index contributed by atoms with van der Waals surface area (Å²) < 4.78 is 6.24. The molecule has 0 spiro atoms. The molecule has 1 aliphatic rings. The van der Waals surface area contributed by atoms with Crippen molar-refractivity contribution in [3.63, 3.8) is 0 Å². The SMILES string of the molecule is CC(C)(C)c1ccc(Oc2cccc3c(CC4CCCC4)nc(C(N)=O)cc23)cc1. The van der Waals surface area contributed by atoms with Gasteiger partial charge in [0.05, 0.1) is 0 Å². The van der Waals surface area contributed by atoms with Crippen LogP contribution in [-0.4, -0.2) is 10.9 Å². The summed E-state index contributed by atoms with van der Waals surface area (Å²) in [5.74, 6) is 1.60. The summed E-state index contributed by atoms with van der Waals surface area (Å²) in [6.45, 7) is 6.58. The number of carbonyl (C=O) groups is 1. The van der Waals surface area contributed by atoms with E-state index < -0.39 is 5.91 Å². The van der Waals surface area contributed by atoms with Crippen molar-refractivity contribution < 1.29 is 9.53 Å². The van der Waals surface area contributed by atoms with Crippen molar-refractivity contribution >= 4 is 16.7 Å². The minimum Gasteiger partial charge on any atom is -0.457 e. The average molecular weight is 403 g/mol. The first-order valence-corrected chi connectivity index (χ1v) is 10.8. The lowest BCUT2D eigenvalue weighted by atomic mass is 9.87. The van der Waals surface area contributed by atoms with Gasteiger partial charge in [0.2, 0.25) is 0 Å². The molecule has 2 aromatic carbocycles. The molecule has 1 amide bonds. The van der Waals surface area contributed by atoms with Crippen molar-refractivity contribution in [3.8, 4) is 11.5 Å². The van der Waals surface area contributed by atoms with E-state index in [1.54, 1.807) is 6.07 Å². The molecular weight excluding hydrogens is 372 g/mol. The van der Waals surface area contributed by atoms with E-state index >= 15 is 0 Å². The Kier molecular flexibility index (Phi) is 5.50. The number of fused-ring (bicyclic) bond motifs is 1. The van der Waals surface area contributed by atoms with Gasteiger partial charge in [0.1, 0.15) is 17.2 Å². The molecule has 2 N–H and O–H groups in total. The van der Waals surface area contributed by atoms with Gasteiger partial charge in [-0.3, -0.25) is 4.79 Å². The van der Waals surface area contributed by atoms with Crippen LogP contribution in [0.5, 0.6) is 11.5 Å². The number of hydrogen-bond acceptors (Lipinski definition) is 3. The van der Waals surface area contributed by atoms with Gasteiger partial charge < -0.3 is 10.5 Å². The third-order valence-electron chi connectivity index (χ3n) is 6.07. The summed E-state index contributed by atoms with van der Waals surface area (Å²) in [5, 5.41) is 1.92. The number of pyridine rings is 1. The maximum absolute atomic E-state index is 12.0. The fourth-order valence-electron chi connectivity index (χ4n) is 4.33. The molecule has 1 saturated carbocycles. The minimum atomic E-state index is -0.506. The average Bonchev–Trinajstić information content (AvgIpc) is 3.21. The molecular formula is C26H30N2O2. The maximum atomic E-state index is 12.0. The summed E-state index contributed by atoms with van der Waals surface area (Å²) in [5.41, 5.74) is 8.19. The van der Waals surface area contributed by atoms with Crippen LogP contribution in [0.2, 0.25) is 0 Å². The highest BCUT2D eigenvalue weighted by molar-refractivity contribution is 5.98. The summed E-state index contributed by atoms with van der Waals surface area (Å²) in [6.07, 6.45) is 5.87. The summed E-state index contributed by atoms with van der Waals surface area (Å²) >= 11 is 0. The van der Waals surface area contributed by atoms with E-state index in [9.17, 15) is 4.79 Å². The number of amides is 1. The highest BCUT2D eigenvalue weighted by atomic mass is 16.5. The number of ether oxygens (including phenoxy) is 1. The van der Waals surface area contributed by atoms with E-state index in [2.05, 4.69) is 44.0 Å². The number of hydrogen-bond donors (Lipinski definition) is 1. The van der Waals surface area contributed by atoms with Crippen LogP contribution < -0.4 is 10.5 Å². The number of nitrogens with zero attached hydrogens (tertiary/aromatic N) is 1. The highest BCUT2D eigenvalue weighted by Gasteiger charge is 2.20. The zero-order valence-corrected chi connectivity index (χ0v) is 18.1. The van der Waals surface area contributed by atoms with Crippen LogP contribution >= 0.6 is 0 Å². The highest BCUT2D eigenvalue weighted by Crippen LogP contribution is 2.35. The fraction of sp³-hybridized carbons (Fsp3) is 0.385. The molecule has 1 fully saturated rings. The molecule has 0 radical (unpaired) electrons. The third kappa shape index (κ3) is 4.33. The van der Waals surface area contributed by atoms with E-state index in [1.165, 1.54) is 31.2 Å². The van der Waals surface area contributed by atoms with E-state index in [-0.39, 0.29) is 5.41 Å². The predicted octanol–water partition coefficient (Wildman–Crippen LogP) is 6.16. The van der Waals surface area contributed by atoms with Gasteiger partial charge in [0.15, 0.2) is 0 Å². The van der Waals surface area contributed by atoms with Gasteiger partial charge in [0.25, 0.3) is 5.91 Å². The second-order valence-electron chi connectivity index (χ2n) is 9.40. The molecule has 0 atom stereocenters. The van der Waals surface area contributed by atoms with Gasteiger partial charge in [-0.05, 0) is 47.6 Å². The number of benzene rings is 2. The molecule has 0 saturated heterocycles. The number of aromatic nitrogens is 1. The number of primary amides is 1. The first kappa shape index (κ1) is 20.4. The topological polar surface area (TPSA) is 65.2 Å². The zero-order chi connectivity index (χ0) is 21.3. The van der Waals surface area contributed by atoms with Gasteiger partial charge >= 0.3 is 0 Å². The Hall–Kier alpha value is -2.88. The first-order chi connectivity index (χ1) is 14.3. The smallest absolute Gasteiger partial charge is 0.267 e. The van der Waals surface area contributed by atoms with Crippen molar-refractivity contribution in [3.05, 3.63) is 65.5 Å². The van der Waals surface area contributed by atoms with Crippen LogP contribution in [0.25, 0.3) is 10.8 Å². The van der Waals surface area contributed by atoms with E-state index in [1.807, 2.05) is 24.3 Å². The van der Waals surface area contributed by atoms with Gasteiger partial charge in [0, 0.05) is 16.5 Å². The Balaban J connectivity index is 1.72. The Labute approximate surface area is 178 Å². The fourth-order valence-corrected chi connectivity index (χ4v) is 4.33. The van der Waals surface area contributed by atoms with Gasteiger partial charge in [-0.25, -0.2) is 4.98 Å². The Morgan fingerprint density at radius 1 is 1.07 bits per heavy atom. The molecule has 1 heterocycles. The Morgan fingerprint density at radius 2 is 1.77 bits per heavy atom. The van der Waals surface area contributed by atoms with Crippen molar-refractivity contribution in [1.29, 1.82) is 0 Å². The van der Waals surface area contributed by atoms with Crippen LogP contribution in [0, 0.1) is 5.92 Å². The molecule has 4 heteroatoms. The van der Waals surface area contributed by atoms with E-state index in [4.69, 9.17) is 10.5 Å². The second kappa shape index (κ2) is 8.10. The lowest BCUT2D eigenvalue weighted by molar-refractivity contribution is 0.0995. The maximum Gasteiger partial charge on any atom is 0.267 e. The molecule has 1 aromatic heterocycles. The second-order valence-corrected chi connectivity index (χ2v) is 9.40. The molecule has 0 aliphatic heterocycles. The van der Waals surface area contributed by atoms with E-state index in [0.29, 0.717) is 17.4 Å². The van der Waals surface area contributed by atoms with Crippen molar-refractivity contribution in [2.75, 3.05) is 0 Å². The number of rotatable bonds is 5. The van der Waals surface area contributed by atoms with Crippen molar-refractivity contribution in [2.45, 2.75) is 58.3 Å². The van der Waals surface area contributed by atoms with Gasteiger partial charge in [-0.15, -0.1) is 0 Å². The predicted molar refractivity (Wildman–Crippen MR) is 121 cm³/mol. The summed E-state index contributed by atoms with van der Waals surface area (Å²) in [4.78, 5) is 16.6. The summed E-state index contributed by atoms with van der Waals surface area (Å²) in [6, 6.07) is 15.9. The number of nitrogens with two attached hydrogens (primary N) is 1. The quantitative estimate of drug-likeness (QED) is 0.556. The summed E-state index contributed by atoms with van der Waals surface area (Å²) in [7, 11) is 0.